The highest BCUT2D eigenvalue weighted by Crippen LogP contribution is 2.02. The van der Waals surface area contributed by atoms with Crippen LogP contribution in [0.25, 0.3) is 0 Å². The van der Waals surface area contributed by atoms with E-state index in [1.807, 2.05) is 6.08 Å². The van der Waals surface area contributed by atoms with Crippen LogP contribution in [0.15, 0.2) is 24.0 Å². The van der Waals surface area contributed by atoms with Gasteiger partial charge in [-0.1, -0.05) is 50.2 Å². The van der Waals surface area contributed by atoms with Crippen LogP contribution < -0.4 is 0 Å². The molecule has 11 heavy (non-hydrogen) atoms. The first-order valence-corrected chi connectivity index (χ1v) is 4.89. The molecule has 1 heteroatoms. The van der Waals surface area contributed by atoms with Gasteiger partial charge in [-0.05, 0) is 22.1 Å². The molecule has 0 aliphatic heterocycles. The minimum absolute atomic E-state index is 1.21. The standard InChI is InChI=1S/C10H17P/c1-2-3-4-5-6-7-8-9-10-11/h7-10H,2-6H2,1H3. The van der Waals surface area contributed by atoms with Gasteiger partial charge in [0.15, 0.2) is 0 Å². The average Bonchev–Trinajstić information content (AvgIpc) is 2.03. The molecule has 0 unspecified atom stereocenters. The summed E-state index contributed by atoms with van der Waals surface area (Å²) in [6.45, 7) is 2.24. The Morgan fingerprint density at radius 2 is 1.91 bits per heavy atom. The Hall–Kier alpha value is -0.0900. The molecule has 0 saturated heterocycles. The van der Waals surface area contributed by atoms with Gasteiger partial charge in [-0.25, -0.2) is 0 Å². The second-order valence-electron chi connectivity index (χ2n) is 2.62. The van der Waals surface area contributed by atoms with Gasteiger partial charge in [0.05, 0.1) is 0 Å². The molecule has 0 aromatic heterocycles. The third-order valence-corrected chi connectivity index (χ3v) is 1.73. The van der Waals surface area contributed by atoms with Crippen molar-refractivity contribution in [3.63, 3.8) is 0 Å². The molecule has 0 bridgehead atoms. The van der Waals surface area contributed by atoms with E-state index in [1.54, 1.807) is 5.82 Å². The Labute approximate surface area is 73.0 Å². The first-order valence-electron chi connectivity index (χ1n) is 4.37. The molecule has 0 spiro atoms. The fraction of sp³-hybridized carbons (Fsp3) is 0.600. The summed E-state index contributed by atoms with van der Waals surface area (Å²) < 4.78 is 0. The second kappa shape index (κ2) is 9.91. The molecule has 62 valence electrons. The van der Waals surface area contributed by atoms with Crippen LogP contribution in [0.4, 0.5) is 0 Å². The molecule has 0 aliphatic rings. The summed E-state index contributed by atoms with van der Waals surface area (Å²) in [6, 6.07) is 0. The van der Waals surface area contributed by atoms with Crippen molar-refractivity contribution in [1.29, 1.82) is 0 Å². The molecule has 0 nitrogen and oxygen atoms in total. The zero-order valence-electron chi connectivity index (χ0n) is 7.29. The first kappa shape index (κ1) is 10.9. The highest BCUT2D eigenvalue weighted by Gasteiger charge is 1.82. The van der Waals surface area contributed by atoms with E-state index in [-0.39, 0.29) is 0 Å². The van der Waals surface area contributed by atoms with Crippen LogP contribution in [-0.4, -0.2) is 0 Å². The van der Waals surface area contributed by atoms with Crippen LogP contribution in [0, 0.1) is 0 Å². The number of hydrogen-bond donors (Lipinski definition) is 0. The van der Waals surface area contributed by atoms with Crippen molar-refractivity contribution in [2.75, 3.05) is 0 Å². The van der Waals surface area contributed by atoms with Gasteiger partial charge in [-0.15, -0.1) is 0 Å². The SMILES string of the molecule is CCCCCCC=CC=C[P]. The van der Waals surface area contributed by atoms with Gasteiger partial charge in [-0.2, -0.15) is 0 Å². The molecule has 0 heterocycles. The second-order valence-corrected chi connectivity index (χ2v) is 2.92. The maximum atomic E-state index is 3.95. The van der Waals surface area contributed by atoms with Crippen molar-refractivity contribution in [3.05, 3.63) is 24.0 Å². The highest BCUT2D eigenvalue weighted by molar-refractivity contribution is 7.20. The lowest BCUT2D eigenvalue weighted by Crippen LogP contribution is -1.72. The molecule has 0 N–H and O–H groups in total. The van der Waals surface area contributed by atoms with E-state index in [4.69, 9.17) is 0 Å². The van der Waals surface area contributed by atoms with Crippen LogP contribution in [-0.2, 0) is 0 Å². The fourth-order valence-electron chi connectivity index (χ4n) is 0.913. The third-order valence-electron chi connectivity index (χ3n) is 1.56. The first-order chi connectivity index (χ1) is 5.41. The topological polar surface area (TPSA) is 0 Å². The van der Waals surface area contributed by atoms with Crippen molar-refractivity contribution in [3.8, 4) is 0 Å². The van der Waals surface area contributed by atoms with Crippen LogP contribution in [0.1, 0.15) is 39.0 Å². The maximum Gasteiger partial charge on any atom is -0.0142 e. The van der Waals surface area contributed by atoms with Crippen LogP contribution >= 0.6 is 9.24 Å². The minimum atomic E-state index is 1.21. The van der Waals surface area contributed by atoms with Crippen molar-refractivity contribution in [1.82, 2.24) is 0 Å². The lowest BCUT2D eigenvalue weighted by atomic mass is 10.1. The molecule has 0 aromatic rings. The van der Waals surface area contributed by atoms with Gasteiger partial charge >= 0.3 is 0 Å². The van der Waals surface area contributed by atoms with Gasteiger partial charge in [0.2, 0.25) is 0 Å². The van der Waals surface area contributed by atoms with E-state index in [2.05, 4.69) is 28.3 Å². The molecular weight excluding hydrogens is 151 g/mol. The number of rotatable bonds is 6. The molecule has 0 aromatic carbocycles. The summed E-state index contributed by atoms with van der Waals surface area (Å²) in [6.07, 6.45) is 12.8. The van der Waals surface area contributed by atoms with Gasteiger partial charge in [-0.3, -0.25) is 0 Å². The van der Waals surface area contributed by atoms with E-state index in [0.717, 1.165) is 0 Å². The Morgan fingerprint density at radius 3 is 2.55 bits per heavy atom. The predicted molar refractivity (Wildman–Crippen MR) is 54.0 cm³/mol. The predicted octanol–water partition coefficient (Wildman–Crippen LogP) is 4.44. The lowest BCUT2D eigenvalue weighted by Gasteiger charge is -1.92. The van der Waals surface area contributed by atoms with Gasteiger partial charge in [0.25, 0.3) is 0 Å². The Bertz CT molecular complexity index is 114. The molecule has 2 radical (unpaired) electrons. The molecule has 0 saturated carbocycles. The summed E-state index contributed by atoms with van der Waals surface area (Å²) in [5.74, 6) is 1.75. The molecule has 0 amide bonds. The molecule has 0 fully saturated rings. The quantitative estimate of drug-likeness (QED) is 0.312. The largest absolute Gasteiger partial charge is 0.0845 e. The monoisotopic (exact) mass is 168 g/mol. The van der Waals surface area contributed by atoms with Crippen molar-refractivity contribution in [2.45, 2.75) is 39.0 Å². The molecule has 0 aliphatic carbocycles. The minimum Gasteiger partial charge on any atom is -0.0845 e. The summed E-state index contributed by atoms with van der Waals surface area (Å²) >= 11 is 0. The van der Waals surface area contributed by atoms with Crippen LogP contribution in [0.3, 0.4) is 0 Å². The zero-order valence-corrected chi connectivity index (χ0v) is 8.19. The average molecular weight is 168 g/mol. The fourth-order valence-corrected chi connectivity index (χ4v) is 1.01. The Morgan fingerprint density at radius 1 is 1.09 bits per heavy atom. The van der Waals surface area contributed by atoms with Crippen molar-refractivity contribution >= 4 is 9.24 Å². The maximum absolute atomic E-state index is 3.95. The normalized spacial score (nSPS) is 11.8. The molecule has 0 atom stereocenters. The third kappa shape index (κ3) is 9.91. The van der Waals surface area contributed by atoms with Gasteiger partial charge in [0, 0.05) is 0 Å². The smallest absolute Gasteiger partial charge is 0.0142 e. The van der Waals surface area contributed by atoms with Crippen LogP contribution in [0.2, 0.25) is 0 Å². The van der Waals surface area contributed by atoms with E-state index in [0.29, 0.717) is 0 Å². The number of allylic oxidation sites excluding steroid dienone is 3. The number of unbranched alkanes of at least 4 members (excludes halogenated alkanes) is 4. The zero-order chi connectivity index (χ0) is 8.36. The summed E-state index contributed by atoms with van der Waals surface area (Å²) in [4.78, 5) is 0. The highest BCUT2D eigenvalue weighted by atomic mass is 31.0. The summed E-state index contributed by atoms with van der Waals surface area (Å²) in [5, 5.41) is 0. The Kier molecular flexibility index (Phi) is 9.83. The molecule has 0 rings (SSSR count). The van der Waals surface area contributed by atoms with E-state index in [9.17, 15) is 0 Å². The number of hydrogen-bond acceptors (Lipinski definition) is 0. The van der Waals surface area contributed by atoms with Gasteiger partial charge < -0.3 is 0 Å². The van der Waals surface area contributed by atoms with Gasteiger partial charge in [0.1, 0.15) is 0 Å². The van der Waals surface area contributed by atoms with Crippen molar-refractivity contribution in [2.24, 2.45) is 0 Å². The molecular formula is C10H17P. The van der Waals surface area contributed by atoms with E-state index < -0.39 is 0 Å². The Balaban J connectivity index is 3.01. The summed E-state index contributed by atoms with van der Waals surface area (Å²) in [5.41, 5.74) is 0. The van der Waals surface area contributed by atoms with E-state index >= 15 is 0 Å². The lowest BCUT2D eigenvalue weighted by molar-refractivity contribution is 0.674. The van der Waals surface area contributed by atoms with Crippen LogP contribution in [0.5, 0.6) is 0 Å². The van der Waals surface area contributed by atoms with Crippen molar-refractivity contribution < 1.29 is 0 Å². The summed E-state index contributed by atoms with van der Waals surface area (Å²) in [7, 11) is 3.95. The van der Waals surface area contributed by atoms with E-state index in [1.165, 1.54) is 32.1 Å².